The number of guanidine groups is 1. The molecule has 2 aromatic carbocycles. The first-order chi connectivity index (χ1) is 11.6. The second-order valence-electron chi connectivity index (χ2n) is 4.97. The molecule has 0 saturated carbocycles. The van der Waals surface area contributed by atoms with Crippen molar-refractivity contribution in [3.05, 3.63) is 54.1 Å². The van der Waals surface area contributed by atoms with Gasteiger partial charge in [-0.3, -0.25) is 5.32 Å². The smallest absolute Gasteiger partial charge is 0.413 e. The lowest BCUT2D eigenvalue weighted by Crippen LogP contribution is -2.36. The number of benzene rings is 2. The fraction of sp³-hybridized carbons (Fsp3) is 0.222. The molecule has 6 heteroatoms. The normalized spacial score (nSPS) is 10.9. The zero-order valence-corrected chi connectivity index (χ0v) is 14.0. The number of hydrogen-bond acceptors (Lipinski definition) is 4. The van der Waals surface area contributed by atoms with Crippen molar-refractivity contribution in [1.82, 2.24) is 5.32 Å². The molecule has 24 heavy (non-hydrogen) atoms. The molecule has 6 nitrogen and oxygen atoms in total. The van der Waals surface area contributed by atoms with Crippen LogP contribution in [0.3, 0.4) is 0 Å². The van der Waals surface area contributed by atoms with Crippen molar-refractivity contribution in [3.8, 4) is 5.75 Å². The standard InChI is InChI=1S/C18H21N3O3/c1-4-24-18(22)21-17(19-14-11-9-13(2)10-12-14)20-15-7-5-6-8-16(15)23-3/h5-12H,4H2,1-3H3,(H2,19,20,21,22). The van der Waals surface area contributed by atoms with E-state index in [0.29, 0.717) is 11.4 Å². The Labute approximate surface area is 141 Å². The Bertz CT molecular complexity index is 712. The van der Waals surface area contributed by atoms with Crippen LogP contribution in [0.4, 0.5) is 16.2 Å². The number of carbonyl (C=O) groups is 1. The molecule has 0 radical (unpaired) electrons. The third kappa shape index (κ3) is 5.01. The molecule has 0 aliphatic rings. The number of para-hydroxylation sites is 2. The molecule has 0 saturated heterocycles. The monoisotopic (exact) mass is 327 g/mol. The Hall–Kier alpha value is -3.02. The van der Waals surface area contributed by atoms with Crippen molar-refractivity contribution in [3.63, 3.8) is 0 Å². The first-order valence-electron chi connectivity index (χ1n) is 7.61. The van der Waals surface area contributed by atoms with Crippen LogP contribution in [-0.2, 0) is 4.74 Å². The Kier molecular flexibility index (Phi) is 6.19. The molecule has 2 rings (SSSR count). The molecule has 0 aromatic heterocycles. The van der Waals surface area contributed by atoms with Crippen molar-refractivity contribution < 1.29 is 14.3 Å². The number of aryl methyl sites for hydroxylation is 1. The van der Waals surface area contributed by atoms with Gasteiger partial charge >= 0.3 is 6.09 Å². The summed E-state index contributed by atoms with van der Waals surface area (Å²) in [5.74, 6) is 0.855. The molecule has 2 aromatic rings. The number of nitrogens with zero attached hydrogens (tertiary/aromatic N) is 1. The van der Waals surface area contributed by atoms with Gasteiger partial charge in [-0.2, -0.15) is 0 Å². The minimum Gasteiger partial charge on any atom is -0.494 e. The van der Waals surface area contributed by atoms with Crippen LogP contribution >= 0.6 is 0 Å². The summed E-state index contributed by atoms with van der Waals surface area (Å²) in [4.78, 5) is 16.2. The number of carbonyl (C=O) groups excluding carboxylic acids is 1. The van der Waals surface area contributed by atoms with Gasteiger partial charge in [0.25, 0.3) is 0 Å². The highest BCUT2D eigenvalue weighted by atomic mass is 16.5. The van der Waals surface area contributed by atoms with Gasteiger partial charge in [0.05, 0.1) is 13.7 Å². The number of anilines is 1. The maximum Gasteiger partial charge on any atom is 0.413 e. The van der Waals surface area contributed by atoms with Gasteiger partial charge in [0.1, 0.15) is 11.4 Å². The van der Waals surface area contributed by atoms with Gasteiger partial charge in [-0.1, -0.05) is 29.8 Å². The fourth-order valence-corrected chi connectivity index (χ4v) is 1.97. The van der Waals surface area contributed by atoms with E-state index in [2.05, 4.69) is 15.6 Å². The third-order valence-corrected chi connectivity index (χ3v) is 3.13. The lowest BCUT2D eigenvalue weighted by molar-refractivity contribution is 0.158. The molecule has 0 atom stereocenters. The highest BCUT2D eigenvalue weighted by molar-refractivity contribution is 6.03. The summed E-state index contributed by atoms with van der Waals surface area (Å²) in [5.41, 5.74) is 2.53. The summed E-state index contributed by atoms with van der Waals surface area (Å²) in [6.07, 6.45) is -0.578. The molecular formula is C18H21N3O3. The predicted molar refractivity (Wildman–Crippen MR) is 95.0 cm³/mol. The molecule has 126 valence electrons. The molecule has 0 spiro atoms. The average molecular weight is 327 g/mol. The second kappa shape index (κ2) is 8.57. The predicted octanol–water partition coefficient (Wildman–Crippen LogP) is 3.85. The fourth-order valence-electron chi connectivity index (χ4n) is 1.97. The van der Waals surface area contributed by atoms with E-state index in [9.17, 15) is 4.79 Å². The number of methoxy groups -OCH3 is 1. The number of aliphatic imine (C=N–C) groups is 1. The van der Waals surface area contributed by atoms with E-state index in [1.165, 1.54) is 0 Å². The number of amides is 1. The van der Waals surface area contributed by atoms with Gasteiger partial charge in [-0.05, 0) is 38.1 Å². The molecule has 1 amide bonds. The number of alkyl carbamates (subject to hydrolysis) is 1. The van der Waals surface area contributed by atoms with Gasteiger partial charge in [-0.25, -0.2) is 9.79 Å². The van der Waals surface area contributed by atoms with Crippen LogP contribution in [-0.4, -0.2) is 25.8 Å². The summed E-state index contributed by atoms with van der Waals surface area (Å²) < 4.78 is 10.2. The largest absolute Gasteiger partial charge is 0.494 e. The SMILES string of the molecule is CCOC(=O)NC(=Nc1ccccc1OC)Nc1ccc(C)cc1. The van der Waals surface area contributed by atoms with Crippen LogP contribution in [0, 0.1) is 6.92 Å². The number of nitrogens with one attached hydrogen (secondary N) is 2. The molecule has 0 bridgehead atoms. The number of hydrogen-bond donors (Lipinski definition) is 2. The quantitative estimate of drug-likeness (QED) is 0.661. The van der Waals surface area contributed by atoms with E-state index in [0.717, 1.165) is 11.3 Å². The summed E-state index contributed by atoms with van der Waals surface area (Å²) in [6, 6.07) is 15.0. The van der Waals surface area contributed by atoms with Crippen LogP contribution < -0.4 is 15.4 Å². The first kappa shape index (κ1) is 17.3. The van der Waals surface area contributed by atoms with Gasteiger partial charge in [0.2, 0.25) is 5.96 Å². The Morgan fingerprint density at radius 2 is 1.83 bits per heavy atom. The minimum atomic E-state index is -0.578. The molecule has 0 unspecified atom stereocenters. The minimum absolute atomic E-state index is 0.252. The lowest BCUT2D eigenvalue weighted by Gasteiger charge is -2.12. The molecular weight excluding hydrogens is 306 g/mol. The summed E-state index contributed by atoms with van der Waals surface area (Å²) in [5, 5.41) is 5.68. The summed E-state index contributed by atoms with van der Waals surface area (Å²) >= 11 is 0. The average Bonchev–Trinajstić information content (AvgIpc) is 2.57. The van der Waals surface area contributed by atoms with Crippen molar-refractivity contribution in [1.29, 1.82) is 0 Å². The van der Waals surface area contributed by atoms with Gasteiger partial charge < -0.3 is 14.8 Å². The van der Waals surface area contributed by atoms with Gasteiger partial charge in [0, 0.05) is 5.69 Å². The van der Waals surface area contributed by atoms with Gasteiger partial charge in [0.15, 0.2) is 0 Å². The molecule has 0 aliphatic carbocycles. The third-order valence-electron chi connectivity index (χ3n) is 3.13. The number of ether oxygens (including phenoxy) is 2. The van der Waals surface area contributed by atoms with E-state index in [1.54, 1.807) is 26.2 Å². The summed E-state index contributed by atoms with van der Waals surface area (Å²) in [7, 11) is 1.57. The topological polar surface area (TPSA) is 72.0 Å². The van der Waals surface area contributed by atoms with E-state index in [1.807, 2.05) is 43.3 Å². The van der Waals surface area contributed by atoms with Gasteiger partial charge in [-0.15, -0.1) is 0 Å². The number of rotatable bonds is 4. The zero-order valence-electron chi connectivity index (χ0n) is 14.0. The Balaban J connectivity index is 2.29. The second-order valence-corrected chi connectivity index (χ2v) is 4.97. The molecule has 0 fully saturated rings. The molecule has 0 aliphatic heterocycles. The highest BCUT2D eigenvalue weighted by Gasteiger charge is 2.09. The maximum absolute atomic E-state index is 11.8. The van der Waals surface area contributed by atoms with E-state index in [4.69, 9.17) is 9.47 Å². The lowest BCUT2D eigenvalue weighted by atomic mass is 10.2. The highest BCUT2D eigenvalue weighted by Crippen LogP contribution is 2.26. The summed E-state index contributed by atoms with van der Waals surface area (Å²) in [6.45, 7) is 4.02. The Morgan fingerprint density at radius 1 is 1.12 bits per heavy atom. The maximum atomic E-state index is 11.8. The zero-order chi connectivity index (χ0) is 17.4. The van der Waals surface area contributed by atoms with E-state index < -0.39 is 6.09 Å². The molecule has 0 heterocycles. The van der Waals surface area contributed by atoms with E-state index >= 15 is 0 Å². The van der Waals surface area contributed by atoms with Crippen molar-refractivity contribution in [2.45, 2.75) is 13.8 Å². The molecule has 2 N–H and O–H groups in total. The van der Waals surface area contributed by atoms with Crippen LogP contribution in [0.2, 0.25) is 0 Å². The van der Waals surface area contributed by atoms with Crippen LogP contribution in [0.15, 0.2) is 53.5 Å². The van der Waals surface area contributed by atoms with Crippen molar-refractivity contribution in [2.24, 2.45) is 4.99 Å². The van der Waals surface area contributed by atoms with Crippen molar-refractivity contribution in [2.75, 3.05) is 19.0 Å². The van der Waals surface area contributed by atoms with Crippen LogP contribution in [0.25, 0.3) is 0 Å². The van der Waals surface area contributed by atoms with Crippen LogP contribution in [0.5, 0.6) is 5.75 Å². The first-order valence-corrected chi connectivity index (χ1v) is 7.61. The van der Waals surface area contributed by atoms with Crippen LogP contribution in [0.1, 0.15) is 12.5 Å². The van der Waals surface area contributed by atoms with Crippen molar-refractivity contribution >= 4 is 23.4 Å². The Morgan fingerprint density at radius 3 is 2.50 bits per heavy atom. The van der Waals surface area contributed by atoms with E-state index in [-0.39, 0.29) is 12.6 Å².